The van der Waals surface area contributed by atoms with Crippen molar-refractivity contribution in [1.29, 1.82) is 0 Å². The fourth-order valence-corrected chi connectivity index (χ4v) is 2.15. The van der Waals surface area contributed by atoms with Crippen molar-refractivity contribution in [2.45, 2.75) is 32.9 Å². The van der Waals surface area contributed by atoms with Gasteiger partial charge in [0.1, 0.15) is 5.75 Å². The third-order valence-electron chi connectivity index (χ3n) is 3.18. The smallest absolute Gasteiger partial charge is 0.267 e. The predicted molar refractivity (Wildman–Crippen MR) is 72.5 cm³/mol. The second-order valence-electron chi connectivity index (χ2n) is 4.68. The molecule has 0 aliphatic carbocycles. The van der Waals surface area contributed by atoms with Crippen LogP contribution in [0.3, 0.4) is 0 Å². The zero-order chi connectivity index (χ0) is 14.2. The van der Waals surface area contributed by atoms with Gasteiger partial charge in [0, 0.05) is 12.1 Å². The maximum absolute atomic E-state index is 12.0. The van der Waals surface area contributed by atoms with E-state index in [2.05, 4.69) is 0 Å². The number of ether oxygens (including phenoxy) is 1. The van der Waals surface area contributed by atoms with E-state index < -0.39 is 12.1 Å². The molecule has 1 amide bonds. The van der Waals surface area contributed by atoms with E-state index in [-0.39, 0.29) is 11.7 Å². The monoisotopic (exact) mass is 262 g/mol. The Morgan fingerprint density at radius 1 is 1.53 bits per heavy atom. The number of anilines is 1. The van der Waals surface area contributed by atoms with Crippen LogP contribution in [0, 0.1) is 0 Å². The maximum Gasteiger partial charge on any atom is 0.267 e. The van der Waals surface area contributed by atoms with Crippen LogP contribution in [0.1, 0.15) is 31.1 Å². The van der Waals surface area contributed by atoms with Gasteiger partial charge >= 0.3 is 0 Å². The molecule has 1 aliphatic heterocycles. The minimum atomic E-state index is -0.563. The van der Waals surface area contributed by atoms with E-state index in [1.54, 1.807) is 36.9 Å². The van der Waals surface area contributed by atoms with Crippen LogP contribution < -0.4 is 15.4 Å². The van der Waals surface area contributed by atoms with Crippen LogP contribution in [-0.2, 0) is 4.79 Å². The molecule has 0 aromatic heterocycles. The molecule has 5 heteroatoms. The fourth-order valence-electron chi connectivity index (χ4n) is 2.15. The predicted octanol–water partition coefficient (Wildman–Crippen LogP) is 1.35. The molecule has 0 spiro atoms. The molecule has 1 heterocycles. The molecule has 2 N–H and O–H groups in total. The van der Waals surface area contributed by atoms with Crippen molar-refractivity contribution in [1.82, 2.24) is 0 Å². The molecule has 2 rings (SSSR count). The number of amides is 1. The summed E-state index contributed by atoms with van der Waals surface area (Å²) in [5.41, 5.74) is 6.73. The summed E-state index contributed by atoms with van der Waals surface area (Å²) < 4.78 is 5.54. The molecule has 2 unspecified atom stereocenters. The topological polar surface area (TPSA) is 72.6 Å². The lowest BCUT2D eigenvalue weighted by atomic mass is 10.0. The number of hydrogen-bond acceptors (Lipinski definition) is 4. The van der Waals surface area contributed by atoms with Crippen LogP contribution in [0.4, 0.5) is 5.69 Å². The standard InChI is InChI=1S/C14H18N2O3/c1-4-16-11-7-10(13(17)8(2)15)5-6-12(11)19-9(3)14(16)18/h5-9H,4,15H2,1-3H3. The van der Waals surface area contributed by atoms with Crippen LogP contribution >= 0.6 is 0 Å². The largest absolute Gasteiger partial charge is 0.479 e. The minimum Gasteiger partial charge on any atom is -0.479 e. The van der Waals surface area contributed by atoms with Gasteiger partial charge in [-0.3, -0.25) is 9.59 Å². The van der Waals surface area contributed by atoms with Crippen LogP contribution in [0.5, 0.6) is 5.75 Å². The Hall–Kier alpha value is -1.88. The second kappa shape index (κ2) is 5.01. The van der Waals surface area contributed by atoms with Gasteiger partial charge in [-0.05, 0) is 39.0 Å². The summed E-state index contributed by atoms with van der Waals surface area (Å²) in [5, 5.41) is 0. The second-order valence-corrected chi connectivity index (χ2v) is 4.68. The molecular formula is C14H18N2O3. The van der Waals surface area contributed by atoms with E-state index in [9.17, 15) is 9.59 Å². The number of rotatable bonds is 3. The van der Waals surface area contributed by atoms with Gasteiger partial charge in [-0.2, -0.15) is 0 Å². The van der Waals surface area contributed by atoms with E-state index >= 15 is 0 Å². The summed E-state index contributed by atoms with van der Waals surface area (Å²) in [6.45, 7) is 5.78. The zero-order valence-electron chi connectivity index (χ0n) is 11.3. The van der Waals surface area contributed by atoms with Gasteiger partial charge in [-0.1, -0.05) is 0 Å². The van der Waals surface area contributed by atoms with Gasteiger partial charge in [0.15, 0.2) is 11.9 Å². The first-order chi connectivity index (χ1) is 8.95. The van der Waals surface area contributed by atoms with E-state index in [1.807, 2.05) is 6.92 Å². The van der Waals surface area contributed by atoms with Crippen molar-refractivity contribution in [3.63, 3.8) is 0 Å². The molecule has 1 aromatic rings. The minimum absolute atomic E-state index is 0.0969. The quantitative estimate of drug-likeness (QED) is 0.835. The lowest BCUT2D eigenvalue weighted by Crippen LogP contribution is -2.44. The van der Waals surface area contributed by atoms with Crippen LogP contribution in [-0.4, -0.2) is 30.4 Å². The Bertz CT molecular complexity index is 525. The number of ketones is 1. The van der Waals surface area contributed by atoms with Gasteiger partial charge in [-0.15, -0.1) is 0 Å². The number of hydrogen-bond donors (Lipinski definition) is 1. The number of Topliss-reactive ketones (excluding diaryl/α,β-unsaturated/α-hetero) is 1. The van der Waals surface area contributed by atoms with E-state index in [0.717, 1.165) is 0 Å². The first kappa shape index (κ1) is 13.5. The van der Waals surface area contributed by atoms with Crippen LogP contribution in [0.25, 0.3) is 0 Å². The summed E-state index contributed by atoms with van der Waals surface area (Å²) in [6, 6.07) is 4.51. The Kier molecular flexibility index (Phi) is 3.57. The molecule has 2 atom stereocenters. The lowest BCUT2D eigenvalue weighted by molar-refractivity contribution is -0.125. The SMILES string of the molecule is CCN1C(=O)C(C)Oc2ccc(C(=O)C(C)N)cc21. The fraction of sp³-hybridized carbons (Fsp3) is 0.429. The summed E-state index contributed by atoms with van der Waals surface area (Å²) in [5.74, 6) is 0.375. The van der Waals surface area contributed by atoms with Gasteiger partial charge < -0.3 is 15.4 Å². The molecule has 0 saturated heterocycles. The summed E-state index contributed by atoms with van der Waals surface area (Å²) in [7, 11) is 0. The molecular weight excluding hydrogens is 244 g/mol. The highest BCUT2D eigenvalue weighted by Crippen LogP contribution is 2.34. The van der Waals surface area contributed by atoms with Crippen molar-refractivity contribution in [3.05, 3.63) is 23.8 Å². The molecule has 0 bridgehead atoms. The van der Waals surface area contributed by atoms with E-state index in [0.29, 0.717) is 23.5 Å². The van der Waals surface area contributed by atoms with Crippen molar-refractivity contribution in [2.75, 3.05) is 11.4 Å². The third kappa shape index (κ3) is 2.33. The lowest BCUT2D eigenvalue weighted by Gasteiger charge is -2.32. The molecule has 1 aromatic carbocycles. The molecule has 0 radical (unpaired) electrons. The average molecular weight is 262 g/mol. The first-order valence-corrected chi connectivity index (χ1v) is 6.37. The van der Waals surface area contributed by atoms with Crippen LogP contribution in [0.15, 0.2) is 18.2 Å². The summed E-state index contributed by atoms with van der Waals surface area (Å²) >= 11 is 0. The van der Waals surface area contributed by atoms with Gasteiger partial charge in [0.05, 0.1) is 11.7 Å². The number of carbonyl (C=O) groups is 2. The maximum atomic E-state index is 12.0. The van der Waals surface area contributed by atoms with Crippen molar-refractivity contribution in [3.8, 4) is 5.75 Å². The Labute approximate surface area is 112 Å². The average Bonchev–Trinajstić information content (AvgIpc) is 2.39. The van der Waals surface area contributed by atoms with Crippen molar-refractivity contribution >= 4 is 17.4 Å². The molecule has 102 valence electrons. The molecule has 5 nitrogen and oxygen atoms in total. The first-order valence-electron chi connectivity index (χ1n) is 6.37. The number of carbonyl (C=O) groups excluding carboxylic acids is 2. The molecule has 1 aliphatic rings. The number of fused-ring (bicyclic) bond motifs is 1. The van der Waals surface area contributed by atoms with E-state index in [4.69, 9.17) is 10.5 Å². The highest BCUT2D eigenvalue weighted by Gasteiger charge is 2.31. The third-order valence-corrected chi connectivity index (χ3v) is 3.18. The Morgan fingerprint density at radius 2 is 2.21 bits per heavy atom. The molecule has 0 saturated carbocycles. The zero-order valence-corrected chi connectivity index (χ0v) is 11.3. The highest BCUT2D eigenvalue weighted by molar-refractivity contribution is 6.04. The van der Waals surface area contributed by atoms with Gasteiger partial charge in [0.2, 0.25) is 0 Å². The van der Waals surface area contributed by atoms with E-state index in [1.165, 1.54) is 0 Å². The highest BCUT2D eigenvalue weighted by atomic mass is 16.5. The van der Waals surface area contributed by atoms with Gasteiger partial charge in [0.25, 0.3) is 5.91 Å². The number of likely N-dealkylation sites (N-methyl/N-ethyl adjacent to an activating group) is 1. The van der Waals surface area contributed by atoms with Crippen molar-refractivity contribution < 1.29 is 14.3 Å². The normalized spacial score (nSPS) is 19.7. The Morgan fingerprint density at radius 3 is 2.79 bits per heavy atom. The summed E-state index contributed by atoms with van der Waals surface area (Å²) in [6.07, 6.45) is -0.498. The van der Waals surface area contributed by atoms with Crippen LogP contribution in [0.2, 0.25) is 0 Å². The summed E-state index contributed by atoms with van der Waals surface area (Å²) in [4.78, 5) is 25.6. The number of benzene rings is 1. The number of nitrogens with two attached hydrogens (primary N) is 1. The van der Waals surface area contributed by atoms with Crippen molar-refractivity contribution in [2.24, 2.45) is 5.73 Å². The molecule has 0 fully saturated rings. The molecule has 19 heavy (non-hydrogen) atoms. The Balaban J connectivity index is 2.46. The van der Waals surface area contributed by atoms with Gasteiger partial charge in [-0.25, -0.2) is 0 Å². The number of nitrogens with zero attached hydrogens (tertiary/aromatic N) is 1.